The number of rotatable bonds is 6. The van der Waals surface area contributed by atoms with Crippen LogP contribution in [-0.2, 0) is 14.8 Å². The average molecular weight is 467 g/mol. The molecule has 0 aliphatic rings. The Bertz CT molecular complexity index is 1210. The molecule has 156 valence electrons. The number of amides is 1. The van der Waals surface area contributed by atoms with Gasteiger partial charge in [0.15, 0.2) is 0 Å². The summed E-state index contributed by atoms with van der Waals surface area (Å²) in [6.07, 6.45) is 0. The molecule has 3 rings (SSSR count). The quantitative estimate of drug-likeness (QED) is 0.421. The van der Waals surface area contributed by atoms with Crippen molar-refractivity contribution in [2.24, 2.45) is 0 Å². The first-order valence-corrected chi connectivity index (χ1v) is 11.0. The molecule has 0 fully saturated rings. The zero-order chi connectivity index (χ0) is 21.9. The molecule has 0 bridgehead atoms. The van der Waals surface area contributed by atoms with Crippen LogP contribution < -0.4 is 10.0 Å². The molecule has 0 saturated carbocycles. The Hall–Kier alpha value is -3.02. The molecule has 3 aromatic rings. The smallest absolute Gasteiger partial charge is 0.338 e. The minimum atomic E-state index is -4.10. The Morgan fingerprint density at radius 3 is 2.47 bits per heavy atom. The number of nitrogens with zero attached hydrogens (tertiary/aromatic N) is 2. The van der Waals surface area contributed by atoms with Crippen LogP contribution in [0.2, 0.25) is 5.02 Å². The zero-order valence-corrected chi connectivity index (χ0v) is 18.1. The van der Waals surface area contributed by atoms with E-state index in [2.05, 4.69) is 25.0 Å². The molecule has 12 heteroatoms. The largest absolute Gasteiger partial charge is 0.465 e. The molecule has 0 radical (unpaired) electrons. The second-order valence-electron chi connectivity index (χ2n) is 5.91. The Labute approximate surface area is 181 Å². The molecule has 0 saturated heterocycles. The van der Waals surface area contributed by atoms with Crippen LogP contribution in [0.1, 0.15) is 26.3 Å². The van der Waals surface area contributed by atoms with Crippen LogP contribution in [0.25, 0.3) is 0 Å². The minimum Gasteiger partial charge on any atom is -0.465 e. The van der Waals surface area contributed by atoms with Crippen molar-refractivity contribution < 1.29 is 22.7 Å². The maximum Gasteiger partial charge on any atom is 0.338 e. The summed E-state index contributed by atoms with van der Waals surface area (Å²) in [5.41, 5.74) is 1.15. The molecule has 2 aromatic carbocycles. The van der Waals surface area contributed by atoms with Gasteiger partial charge in [0.05, 0.1) is 18.4 Å². The number of halogens is 1. The van der Waals surface area contributed by atoms with Gasteiger partial charge in [-0.1, -0.05) is 29.0 Å². The predicted octanol–water partition coefficient (Wildman–Crippen LogP) is 3.34. The van der Waals surface area contributed by atoms with E-state index in [-0.39, 0.29) is 20.7 Å². The van der Waals surface area contributed by atoms with Crippen molar-refractivity contribution in [1.29, 1.82) is 0 Å². The number of carbonyl (C=O) groups excluding carboxylic acids is 2. The Balaban J connectivity index is 1.78. The van der Waals surface area contributed by atoms with Gasteiger partial charge in [0.1, 0.15) is 0 Å². The van der Waals surface area contributed by atoms with Crippen LogP contribution >= 0.6 is 22.9 Å². The van der Waals surface area contributed by atoms with Gasteiger partial charge in [-0.25, -0.2) is 4.79 Å². The average Bonchev–Trinajstić information content (AvgIpc) is 3.19. The lowest BCUT2D eigenvalue weighted by Crippen LogP contribution is -2.15. The standard InChI is InChI=1S/C18H15ClN4O5S2/c1-10-13(16(25)28-2)4-3-5-14(10)23-30(26,27)18-22-21-17(29-18)20-15(24)11-6-8-12(19)9-7-11/h3-9,23H,1-2H3,(H,20,21,24). The Kier molecular flexibility index (Phi) is 6.34. The fourth-order valence-corrected chi connectivity index (χ4v) is 4.55. The third-order valence-corrected chi connectivity index (χ3v) is 6.77. The molecule has 2 N–H and O–H groups in total. The molecular weight excluding hydrogens is 452 g/mol. The molecule has 0 unspecified atom stereocenters. The molecule has 1 heterocycles. The van der Waals surface area contributed by atoms with Gasteiger partial charge >= 0.3 is 5.97 Å². The van der Waals surface area contributed by atoms with Crippen molar-refractivity contribution in [3.63, 3.8) is 0 Å². The first kappa shape index (κ1) is 21.7. The number of esters is 1. The van der Waals surface area contributed by atoms with Gasteiger partial charge in [-0.2, -0.15) is 8.42 Å². The topological polar surface area (TPSA) is 127 Å². The van der Waals surface area contributed by atoms with Gasteiger partial charge in [0, 0.05) is 10.6 Å². The molecule has 9 nitrogen and oxygen atoms in total. The summed E-state index contributed by atoms with van der Waals surface area (Å²) in [6.45, 7) is 1.59. The van der Waals surface area contributed by atoms with Gasteiger partial charge in [-0.3, -0.25) is 14.8 Å². The van der Waals surface area contributed by atoms with Gasteiger partial charge in [-0.05, 0) is 48.9 Å². The Morgan fingerprint density at radius 2 is 1.80 bits per heavy atom. The van der Waals surface area contributed by atoms with Crippen molar-refractivity contribution in [1.82, 2.24) is 10.2 Å². The van der Waals surface area contributed by atoms with Crippen LogP contribution in [0.5, 0.6) is 0 Å². The number of carbonyl (C=O) groups is 2. The summed E-state index contributed by atoms with van der Waals surface area (Å²) in [7, 11) is -2.86. The van der Waals surface area contributed by atoms with Crippen LogP contribution in [-0.4, -0.2) is 37.6 Å². The van der Waals surface area contributed by atoms with E-state index in [9.17, 15) is 18.0 Å². The number of hydrogen-bond acceptors (Lipinski definition) is 8. The highest BCUT2D eigenvalue weighted by Gasteiger charge is 2.23. The summed E-state index contributed by atoms with van der Waals surface area (Å²) in [5, 5.41) is 10.3. The van der Waals surface area contributed by atoms with E-state index < -0.39 is 21.9 Å². The van der Waals surface area contributed by atoms with Crippen molar-refractivity contribution in [3.8, 4) is 0 Å². The summed E-state index contributed by atoms with van der Waals surface area (Å²) in [4.78, 5) is 24.0. The second-order valence-corrected chi connectivity index (χ2v) is 9.18. The summed E-state index contributed by atoms with van der Waals surface area (Å²) < 4.78 is 32.0. The number of nitrogens with one attached hydrogen (secondary N) is 2. The van der Waals surface area contributed by atoms with Gasteiger partial charge in [0.25, 0.3) is 20.3 Å². The Morgan fingerprint density at radius 1 is 1.10 bits per heavy atom. The lowest BCUT2D eigenvalue weighted by molar-refractivity contribution is 0.0600. The number of ether oxygens (including phenoxy) is 1. The highest BCUT2D eigenvalue weighted by atomic mass is 35.5. The SMILES string of the molecule is COC(=O)c1cccc(NS(=O)(=O)c2nnc(NC(=O)c3ccc(Cl)cc3)s2)c1C. The van der Waals surface area contributed by atoms with Crippen molar-refractivity contribution in [3.05, 3.63) is 64.2 Å². The van der Waals surface area contributed by atoms with Crippen LogP contribution in [0, 0.1) is 6.92 Å². The minimum absolute atomic E-state index is 0.00959. The molecule has 0 atom stereocenters. The summed E-state index contributed by atoms with van der Waals surface area (Å²) in [6, 6.07) is 10.7. The highest BCUT2D eigenvalue weighted by molar-refractivity contribution is 7.94. The van der Waals surface area contributed by atoms with Crippen LogP contribution in [0.4, 0.5) is 10.8 Å². The predicted molar refractivity (Wildman–Crippen MR) is 113 cm³/mol. The second kappa shape index (κ2) is 8.78. The first-order chi connectivity index (χ1) is 14.2. The lowest BCUT2D eigenvalue weighted by Gasteiger charge is -2.11. The van der Waals surface area contributed by atoms with Crippen molar-refractivity contribution in [2.75, 3.05) is 17.1 Å². The number of anilines is 2. The highest BCUT2D eigenvalue weighted by Crippen LogP contribution is 2.26. The number of methoxy groups -OCH3 is 1. The summed E-state index contributed by atoms with van der Waals surface area (Å²) in [5.74, 6) is -1.07. The van der Waals surface area contributed by atoms with Gasteiger partial charge in [-0.15, -0.1) is 10.2 Å². The van der Waals surface area contributed by atoms with Crippen LogP contribution in [0.15, 0.2) is 46.8 Å². The van der Waals surface area contributed by atoms with E-state index in [0.29, 0.717) is 27.5 Å². The van der Waals surface area contributed by atoms with E-state index in [1.54, 1.807) is 19.1 Å². The number of sulfonamides is 1. The first-order valence-electron chi connectivity index (χ1n) is 8.32. The van der Waals surface area contributed by atoms with Crippen molar-refractivity contribution >= 4 is 55.7 Å². The van der Waals surface area contributed by atoms with Crippen molar-refractivity contribution in [2.45, 2.75) is 11.3 Å². The van der Waals surface area contributed by atoms with E-state index in [1.165, 1.54) is 37.4 Å². The molecular formula is C18H15ClN4O5S2. The lowest BCUT2D eigenvalue weighted by atomic mass is 10.1. The monoisotopic (exact) mass is 466 g/mol. The van der Waals surface area contributed by atoms with E-state index >= 15 is 0 Å². The maximum absolute atomic E-state index is 12.7. The van der Waals surface area contributed by atoms with E-state index in [4.69, 9.17) is 11.6 Å². The normalized spacial score (nSPS) is 11.0. The fraction of sp³-hybridized carbons (Fsp3) is 0.111. The molecule has 1 amide bonds. The molecule has 0 aliphatic heterocycles. The van der Waals surface area contributed by atoms with E-state index in [0.717, 1.165) is 0 Å². The number of benzene rings is 2. The molecule has 30 heavy (non-hydrogen) atoms. The molecule has 1 aromatic heterocycles. The third-order valence-electron chi connectivity index (χ3n) is 3.95. The van der Waals surface area contributed by atoms with Crippen LogP contribution in [0.3, 0.4) is 0 Å². The van der Waals surface area contributed by atoms with Gasteiger partial charge < -0.3 is 4.74 Å². The number of aromatic nitrogens is 2. The fourth-order valence-electron chi connectivity index (χ4n) is 2.41. The molecule has 0 aliphatic carbocycles. The maximum atomic E-state index is 12.7. The summed E-state index contributed by atoms with van der Waals surface area (Å²) >= 11 is 6.48. The number of hydrogen-bond donors (Lipinski definition) is 2. The van der Waals surface area contributed by atoms with Gasteiger partial charge in [0.2, 0.25) is 5.13 Å². The molecule has 0 spiro atoms. The third kappa shape index (κ3) is 4.75. The zero-order valence-electron chi connectivity index (χ0n) is 15.7. The van der Waals surface area contributed by atoms with E-state index in [1.807, 2.05) is 0 Å².